The summed E-state index contributed by atoms with van der Waals surface area (Å²) in [6.45, 7) is 8.71. The molecule has 0 aromatic rings. The lowest BCUT2D eigenvalue weighted by molar-refractivity contribution is 0.177. The van der Waals surface area contributed by atoms with Crippen molar-refractivity contribution in [2.24, 2.45) is 5.92 Å². The van der Waals surface area contributed by atoms with Gasteiger partial charge in [-0.3, -0.25) is 0 Å². The van der Waals surface area contributed by atoms with E-state index in [4.69, 9.17) is 4.74 Å². The van der Waals surface area contributed by atoms with Crippen LogP contribution in [0.3, 0.4) is 0 Å². The van der Waals surface area contributed by atoms with Crippen LogP contribution in [-0.4, -0.2) is 26.3 Å². The molecule has 1 N–H and O–H groups in total. The van der Waals surface area contributed by atoms with Crippen LogP contribution in [-0.2, 0) is 4.74 Å². The van der Waals surface area contributed by atoms with Crippen molar-refractivity contribution in [2.75, 3.05) is 20.3 Å². The van der Waals surface area contributed by atoms with Gasteiger partial charge >= 0.3 is 0 Å². The van der Waals surface area contributed by atoms with E-state index in [9.17, 15) is 0 Å². The topological polar surface area (TPSA) is 21.3 Å². The molecule has 0 aliphatic heterocycles. The Bertz CT molecular complexity index is 117. The molecule has 14 heavy (non-hydrogen) atoms. The molecule has 2 nitrogen and oxygen atoms in total. The van der Waals surface area contributed by atoms with Crippen molar-refractivity contribution in [3.05, 3.63) is 0 Å². The predicted molar refractivity (Wildman–Crippen MR) is 62.6 cm³/mol. The van der Waals surface area contributed by atoms with Crippen molar-refractivity contribution in [3.63, 3.8) is 0 Å². The zero-order valence-corrected chi connectivity index (χ0v) is 10.3. The molecule has 86 valence electrons. The molecule has 0 bridgehead atoms. The van der Waals surface area contributed by atoms with Gasteiger partial charge in [0.1, 0.15) is 0 Å². The Balaban J connectivity index is 3.69. The van der Waals surface area contributed by atoms with Gasteiger partial charge in [0.25, 0.3) is 0 Å². The summed E-state index contributed by atoms with van der Waals surface area (Å²) in [5, 5.41) is 3.53. The van der Waals surface area contributed by atoms with Gasteiger partial charge in [0, 0.05) is 19.8 Å². The van der Waals surface area contributed by atoms with E-state index in [1.807, 2.05) is 0 Å². The zero-order valence-electron chi connectivity index (χ0n) is 10.3. The second kappa shape index (κ2) is 9.47. The Labute approximate surface area is 89.4 Å². The molecule has 0 aliphatic carbocycles. The highest BCUT2D eigenvalue weighted by Crippen LogP contribution is 2.14. The third-order valence-corrected chi connectivity index (χ3v) is 2.63. The quantitative estimate of drug-likeness (QED) is 0.619. The molecule has 0 radical (unpaired) electrons. The molecule has 2 unspecified atom stereocenters. The van der Waals surface area contributed by atoms with Gasteiger partial charge in [-0.2, -0.15) is 0 Å². The molecule has 2 atom stereocenters. The normalized spacial score (nSPS) is 15.4. The minimum Gasteiger partial charge on any atom is -0.385 e. The molecule has 0 heterocycles. The summed E-state index contributed by atoms with van der Waals surface area (Å²) in [6, 6.07) is 0.640. The lowest BCUT2D eigenvalue weighted by Gasteiger charge is -2.21. The SMILES string of the molecule is CCCC(C)CC(CCOC)NCC. The fourth-order valence-corrected chi connectivity index (χ4v) is 1.95. The summed E-state index contributed by atoms with van der Waals surface area (Å²) >= 11 is 0. The van der Waals surface area contributed by atoms with E-state index in [0.29, 0.717) is 6.04 Å². The Kier molecular flexibility index (Phi) is 9.42. The van der Waals surface area contributed by atoms with Gasteiger partial charge in [0.2, 0.25) is 0 Å². The first kappa shape index (κ1) is 13.9. The van der Waals surface area contributed by atoms with Gasteiger partial charge in [-0.25, -0.2) is 0 Å². The average molecular weight is 201 g/mol. The first-order valence-electron chi connectivity index (χ1n) is 5.96. The average Bonchev–Trinajstić information content (AvgIpc) is 2.15. The summed E-state index contributed by atoms with van der Waals surface area (Å²) in [6.07, 6.45) is 5.06. The summed E-state index contributed by atoms with van der Waals surface area (Å²) in [5.74, 6) is 0.834. The first-order valence-corrected chi connectivity index (χ1v) is 5.96. The number of nitrogens with one attached hydrogen (secondary N) is 1. The smallest absolute Gasteiger partial charge is 0.0477 e. The fourth-order valence-electron chi connectivity index (χ4n) is 1.95. The maximum atomic E-state index is 5.12. The van der Waals surface area contributed by atoms with E-state index >= 15 is 0 Å². The van der Waals surface area contributed by atoms with E-state index in [1.54, 1.807) is 7.11 Å². The number of rotatable bonds is 9. The molecule has 0 saturated carbocycles. The number of ether oxygens (including phenoxy) is 1. The van der Waals surface area contributed by atoms with Crippen LogP contribution in [0.1, 0.15) is 46.5 Å². The summed E-state index contributed by atoms with van der Waals surface area (Å²) in [7, 11) is 1.78. The van der Waals surface area contributed by atoms with Crippen molar-refractivity contribution in [1.29, 1.82) is 0 Å². The van der Waals surface area contributed by atoms with E-state index in [-0.39, 0.29) is 0 Å². The number of hydrogen-bond donors (Lipinski definition) is 1. The third kappa shape index (κ3) is 7.34. The molecule has 0 spiro atoms. The fraction of sp³-hybridized carbons (Fsp3) is 1.00. The lowest BCUT2D eigenvalue weighted by atomic mass is 9.96. The van der Waals surface area contributed by atoms with Gasteiger partial charge < -0.3 is 10.1 Å². The maximum absolute atomic E-state index is 5.12. The highest BCUT2D eigenvalue weighted by molar-refractivity contribution is 4.69. The Morgan fingerprint density at radius 3 is 2.43 bits per heavy atom. The highest BCUT2D eigenvalue weighted by atomic mass is 16.5. The van der Waals surface area contributed by atoms with Crippen LogP contribution >= 0.6 is 0 Å². The molecular weight excluding hydrogens is 174 g/mol. The van der Waals surface area contributed by atoms with Gasteiger partial charge in [0.05, 0.1) is 0 Å². The molecule has 0 aliphatic rings. The molecular formula is C12H27NO. The summed E-state index contributed by atoms with van der Waals surface area (Å²) in [4.78, 5) is 0. The molecule has 2 heteroatoms. The Morgan fingerprint density at radius 2 is 1.93 bits per heavy atom. The Hall–Kier alpha value is -0.0800. The summed E-state index contributed by atoms with van der Waals surface area (Å²) < 4.78 is 5.12. The lowest BCUT2D eigenvalue weighted by Crippen LogP contribution is -2.31. The van der Waals surface area contributed by atoms with Crippen LogP contribution < -0.4 is 5.32 Å². The standard InChI is InChI=1S/C12H27NO/c1-5-7-11(3)10-12(13-6-2)8-9-14-4/h11-13H,5-10H2,1-4H3. The van der Waals surface area contributed by atoms with Crippen molar-refractivity contribution in [1.82, 2.24) is 5.32 Å². The van der Waals surface area contributed by atoms with Crippen LogP contribution in [0, 0.1) is 5.92 Å². The van der Waals surface area contributed by atoms with Crippen LogP contribution in [0.2, 0.25) is 0 Å². The van der Waals surface area contributed by atoms with Crippen molar-refractivity contribution >= 4 is 0 Å². The first-order chi connectivity index (χ1) is 6.74. The zero-order chi connectivity index (χ0) is 10.8. The third-order valence-electron chi connectivity index (χ3n) is 2.63. The highest BCUT2D eigenvalue weighted by Gasteiger charge is 2.11. The van der Waals surface area contributed by atoms with Crippen molar-refractivity contribution < 1.29 is 4.74 Å². The summed E-state index contributed by atoms with van der Waals surface area (Å²) in [5.41, 5.74) is 0. The second-order valence-electron chi connectivity index (χ2n) is 4.17. The predicted octanol–water partition coefficient (Wildman–Crippen LogP) is 2.83. The van der Waals surface area contributed by atoms with Gasteiger partial charge in [-0.05, 0) is 25.3 Å². The minimum absolute atomic E-state index is 0.640. The number of methoxy groups -OCH3 is 1. The van der Waals surface area contributed by atoms with Gasteiger partial charge in [-0.15, -0.1) is 0 Å². The maximum Gasteiger partial charge on any atom is 0.0477 e. The van der Waals surface area contributed by atoms with Crippen LogP contribution in [0.4, 0.5) is 0 Å². The second-order valence-corrected chi connectivity index (χ2v) is 4.17. The van der Waals surface area contributed by atoms with Crippen LogP contribution in [0.25, 0.3) is 0 Å². The van der Waals surface area contributed by atoms with Crippen molar-refractivity contribution in [2.45, 2.75) is 52.5 Å². The molecule has 0 amide bonds. The molecule has 0 rings (SSSR count). The van der Waals surface area contributed by atoms with E-state index in [0.717, 1.165) is 25.5 Å². The van der Waals surface area contributed by atoms with E-state index in [1.165, 1.54) is 19.3 Å². The molecule has 0 saturated heterocycles. The van der Waals surface area contributed by atoms with Gasteiger partial charge in [0.15, 0.2) is 0 Å². The van der Waals surface area contributed by atoms with Crippen LogP contribution in [0.5, 0.6) is 0 Å². The monoisotopic (exact) mass is 201 g/mol. The molecule has 0 fully saturated rings. The molecule has 0 aromatic carbocycles. The van der Waals surface area contributed by atoms with E-state index in [2.05, 4.69) is 26.1 Å². The van der Waals surface area contributed by atoms with Crippen molar-refractivity contribution in [3.8, 4) is 0 Å². The minimum atomic E-state index is 0.640. The molecule has 0 aromatic heterocycles. The van der Waals surface area contributed by atoms with E-state index < -0.39 is 0 Å². The van der Waals surface area contributed by atoms with Gasteiger partial charge in [-0.1, -0.05) is 33.6 Å². The largest absolute Gasteiger partial charge is 0.385 e. The number of hydrogen-bond acceptors (Lipinski definition) is 2. The van der Waals surface area contributed by atoms with Crippen LogP contribution in [0.15, 0.2) is 0 Å². The Morgan fingerprint density at radius 1 is 1.21 bits per heavy atom.